The molecule has 0 radical (unpaired) electrons. The van der Waals surface area contributed by atoms with Crippen LogP contribution in [0.5, 0.6) is 0 Å². The number of benzene rings is 1. The number of thiocarbonyl (C=S) groups is 1. The second-order valence-corrected chi connectivity index (χ2v) is 4.75. The van der Waals surface area contributed by atoms with E-state index in [0.29, 0.717) is 11.6 Å². The highest BCUT2D eigenvalue weighted by atomic mass is 32.1. The van der Waals surface area contributed by atoms with Crippen LogP contribution < -0.4 is 10.6 Å². The van der Waals surface area contributed by atoms with Gasteiger partial charge in [-0.1, -0.05) is 12.2 Å². The molecule has 0 aliphatic carbocycles. The zero-order valence-corrected chi connectivity index (χ0v) is 11.1. The fourth-order valence-corrected chi connectivity index (χ4v) is 2.10. The summed E-state index contributed by atoms with van der Waals surface area (Å²) in [6.45, 7) is 0.671. The van der Waals surface area contributed by atoms with Crippen LogP contribution in [-0.2, 0) is 9.53 Å². The average Bonchev–Trinajstić information content (AvgIpc) is 2.91. The summed E-state index contributed by atoms with van der Waals surface area (Å²) in [5.41, 5.74) is 7.14. The van der Waals surface area contributed by atoms with Gasteiger partial charge >= 0.3 is 0 Å². The highest BCUT2D eigenvalue weighted by Crippen LogP contribution is 2.19. The van der Waals surface area contributed by atoms with Gasteiger partial charge in [-0.2, -0.15) is 0 Å². The van der Waals surface area contributed by atoms with Crippen molar-refractivity contribution in [3.63, 3.8) is 0 Å². The lowest BCUT2D eigenvalue weighted by atomic mass is 10.1. The van der Waals surface area contributed by atoms with Crippen LogP contribution in [0.1, 0.15) is 18.4 Å². The maximum atomic E-state index is 12.1. The molecule has 1 heterocycles. The summed E-state index contributed by atoms with van der Waals surface area (Å²) in [6.07, 6.45) is 1.45. The van der Waals surface area contributed by atoms with Gasteiger partial charge in [-0.05, 0) is 37.1 Å². The fourth-order valence-electron chi connectivity index (χ4n) is 1.96. The van der Waals surface area contributed by atoms with Gasteiger partial charge < -0.3 is 15.4 Å². The van der Waals surface area contributed by atoms with E-state index in [9.17, 15) is 4.79 Å². The Bertz CT molecular complexity index is 453. The normalized spacial score (nSPS) is 18.6. The Hall–Kier alpha value is -1.46. The molecular weight excluding hydrogens is 248 g/mol. The molecule has 1 aliphatic heterocycles. The van der Waals surface area contributed by atoms with Gasteiger partial charge in [-0.15, -0.1) is 0 Å². The molecule has 96 valence electrons. The Morgan fingerprint density at radius 2 is 2.11 bits per heavy atom. The maximum Gasteiger partial charge on any atom is 0.255 e. The molecule has 4 nitrogen and oxygen atoms in total. The second-order valence-electron chi connectivity index (χ2n) is 4.31. The third-order valence-corrected chi connectivity index (χ3v) is 3.31. The van der Waals surface area contributed by atoms with Gasteiger partial charge in [0.2, 0.25) is 0 Å². The summed E-state index contributed by atoms with van der Waals surface area (Å²) in [5.74, 6) is -0.00410. The molecule has 1 aromatic carbocycles. The quantitative estimate of drug-likeness (QED) is 0.840. The number of nitrogens with zero attached hydrogens (tertiary/aromatic N) is 1. The summed E-state index contributed by atoms with van der Waals surface area (Å²) in [5, 5.41) is 0. The van der Waals surface area contributed by atoms with Gasteiger partial charge in [0.05, 0.1) is 0 Å². The Labute approximate surface area is 112 Å². The third-order valence-electron chi connectivity index (χ3n) is 3.07. The second kappa shape index (κ2) is 5.46. The molecule has 0 aromatic heterocycles. The minimum absolute atomic E-state index is 0.00410. The Balaban J connectivity index is 2.10. The molecule has 18 heavy (non-hydrogen) atoms. The fraction of sp³-hybridized carbons (Fsp3) is 0.385. The van der Waals surface area contributed by atoms with E-state index in [1.807, 2.05) is 24.3 Å². The van der Waals surface area contributed by atoms with E-state index in [0.717, 1.165) is 24.1 Å². The van der Waals surface area contributed by atoms with Crippen molar-refractivity contribution in [1.29, 1.82) is 0 Å². The Morgan fingerprint density at radius 1 is 1.44 bits per heavy atom. The lowest BCUT2D eigenvalue weighted by Gasteiger charge is -2.20. The number of carbonyl (C=O) groups is 1. The molecular formula is C13H16N2O2S. The van der Waals surface area contributed by atoms with E-state index in [-0.39, 0.29) is 12.0 Å². The van der Waals surface area contributed by atoms with Gasteiger partial charge in [-0.3, -0.25) is 4.79 Å². The highest BCUT2D eigenvalue weighted by Gasteiger charge is 2.26. The van der Waals surface area contributed by atoms with Crippen molar-refractivity contribution in [1.82, 2.24) is 0 Å². The van der Waals surface area contributed by atoms with Crippen LogP contribution >= 0.6 is 12.2 Å². The minimum atomic E-state index is -0.301. The molecule has 1 saturated heterocycles. The molecule has 0 bridgehead atoms. The number of anilines is 1. The predicted octanol–water partition coefficient (Wildman–Crippen LogP) is 1.46. The van der Waals surface area contributed by atoms with Gasteiger partial charge in [0.1, 0.15) is 11.1 Å². The van der Waals surface area contributed by atoms with E-state index in [1.165, 1.54) is 0 Å². The van der Waals surface area contributed by atoms with Crippen molar-refractivity contribution in [3.8, 4) is 0 Å². The van der Waals surface area contributed by atoms with Crippen molar-refractivity contribution in [2.24, 2.45) is 5.73 Å². The number of rotatable bonds is 3. The highest BCUT2D eigenvalue weighted by molar-refractivity contribution is 7.80. The van der Waals surface area contributed by atoms with Gasteiger partial charge in [0.25, 0.3) is 5.91 Å². The molecule has 1 fully saturated rings. The standard InChI is InChI=1S/C13H16N2O2S/c1-15(13(16)11-3-2-8-17-11)10-6-4-9(5-7-10)12(14)18/h4-7,11H,2-3,8H2,1H3,(H2,14,18). The van der Waals surface area contributed by atoms with Crippen molar-refractivity contribution < 1.29 is 9.53 Å². The van der Waals surface area contributed by atoms with Crippen molar-refractivity contribution in [2.45, 2.75) is 18.9 Å². The maximum absolute atomic E-state index is 12.1. The summed E-state index contributed by atoms with van der Waals surface area (Å²) in [7, 11) is 1.75. The summed E-state index contributed by atoms with van der Waals surface area (Å²) in [6, 6.07) is 7.30. The molecule has 2 N–H and O–H groups in total. The number of nitrogens with two attached hydrogens (primary N) is 1. The van der Waals surface area contributed by atoms with Crippen LogP contribution in [0.3, 0.4) is 0 Å². The summed E-state index contributed by atoms with van der Waals surface area (Å²) >= 11 is 4.89. The number of hydrogen-bond acceptors (Lipinski definition) is 3. The first kappa shape index (κ1) is 13.0. The zero-order valence-electron chi connectivity index (χ0n) is 10.3. The number of carbonyl (C=O) groups excluding carboxylic acids is 1. The van der Waals surface area contributed by atoms with E-state index >= 15 is 0 Å². The first-order chi connectivity index (χ1) is 8.59. The Morgan fingerprint density at radius 3 is 2.61 bits per heavy atom. The number of amides is 1. The SMILES string of the molecule is CN(C(=O)C1CCCO1)c1ccc(C(N)=S)cc1. The summed E-state index contributed by atoms with van der Waals surface area (Å²) in [4.78, 5) is 14.1. The third kappa shape index (κ3) is 2.68. The predicted molar refractivity (Wildman–Crippen MR) is 74.7 cm³/mol. The van der Waals surface area contributed by atoms with Gasteiger partial charge in [0.15, 0.2) is 0 Å². The van der Waals surface area contributed by atoms with E-state index in [2.05, 4.69) is 0 Å². The molecule has 1 unspecified atom stereocenters. The van der Waals surface area contributed by atoms with E-state index < -0.39 is 0 Å². The zero-order chi connectivity index (χ0) is 13.1. The molecule has 1 atom stereocenters. The first-order valence-electron chi connectivity index (χ1n) is 5.88. The van der Waals surface area contributed by atoms with Crippen molar-refractivity contribution in [3.05, 3.63) is 29.8 Å². The topological polar surface area (TPSA) is 55.6 Å². The molecule has 5 heteroatoms. The molecule has 0 spiro atoms. The van der Waals surface area contributed by atoms with E-state index in [4.69, 9.17) is 22.7 Å². The van der Waals surface area contributed by atoms with E-state index in [1.54, 1.807) is 11.9 Å². The molecule has 0 saturated carbocycles. The molecule has 1 aromatic rings. The van der Waals surface area contributed by atoms with Crippen LogP contribution in [-0.4, -0.2) is 30.7 Å². The lowest BCUT2D eigenvalue weighted by Crippen LogP contribution is -2.36. The molecule has 1 amide bonds. The first-order valence-corrected chi connectivity index (χ1v) is 6.29. The number of hydrogen-bond donors (Lipinski definition) is 1. The van der Waals surface area contributed by atoms with Gasteiger partial charge in [-0.25, -0.2) is 0 Å². The van der Waals surface area contributed by atoms with Crippen LogP contribution in [0, 0.1) is 0 Å². The van der Waals surface area contributed by atoms with Crippen LogP contribution in [0.2, 0.25) is 0 Å². The average molecular weight is 264 g/mol. The van der Waals surface area contributed by atoms with Crippen molar-refractivity contribution in [2.75, 3.05) is 18.6 Å². The molecule has 2 rings (SSSR count). The van der Waals surface area contributed by atoms with Gasteiger partial charge in [0, 0.05) is 24.9 Å². The monoisotopic (exact) mass is 264 g/mol. The Kier molecular flexibility index (Phi) is 3.93. The minimum Gasteiger partial charge on any atom is -0.389 e. The van der Waals surface area contributed by atoms with Crippen molar-refractivity contribution >= 4 is 28.8 Å². The lowest BCUT2D eigenvalue weighted by molar-refractivity contribution is -0.127. The smallest absolute Gasteiger partial charge is 0.255 e. The van der Waals surface area contributed by atoms with Crippen LogP contribution in [0.4, 0.5) is 5.69 Å². The number of likely N-dealkylation sites (N-methyl/N-ethyl adjacent to an activating group) is 1. The largest absolute Gasteiger partial charge is 0.389 e. The van der Waals surface area contributed by atoms with Crippen LogP contribution in [0.15, 0.2) is 24.3 Å². The number of ether oxygens (including phenoxy) is 1. The molecule has 1 aliphatic rings. The van der Waals surface area contributed by atoms with Crippen LogP contribution in [0.25, 0.3) is 0 Å². The summed E-state index contributed by atoms with van der Waals surface area (Å²) < 4.78 is 5.39.